The predicted molar refractivity (Wildman–Crippen MR) is 62.2 cm³/mol. The number of fused-ring (bicyclic) bond motifs is 1. The Bertz CT molecular complexity index is 488. The maximum Gasteiger partial charge on any atom is 0.160 e. The highest BCUT2D eigenvalue weighted by Gasteiger charge is 2.13. The van der Waals surface area contributed by atoms with Crippen molar-refractivity contribution >= 4 is 22.8 Å². The summed E-state index contributed by atoms with van der Waals surface area (Å²) in [5, 5.41) is 0. The van der Waals surface area contributed by atoms with Gasteiger partial charge in [0.1, 0.15) is 11.3 Å². The molecule has 0 atom stereocenters. The van der Waals surface area contributed by atoms with E-state index in [0.717, 1.165) is 22.6 Å². The summed E-state index contributed by atoms with van der Waals surface area (Å²) in [6.07, 6.45) is 1.86. The predicted octanol–water partition coefficient (Wildman–Crippen LogP) is 3.06. The molecule has 2 heterocycles. The lowest BCUT2D eigenvalue weighted by Gasteiger charge is -2.10. The molecule has 3 nitrogen and oxygen atoms in total. The van der Waals surface area contributed by atoms with E-state index in [-0.39, 0.29) is 0 Å². The fourth-order valence-corrected chi connectivity index (χ4v) is 1.96. The number of alkyl halides is 1. The molecule has 0 amide bonds. The second kappa shape index (κ2) is 3.81. The SMILES string of the molecule is Cc1cnc2c(c1)nc(CCl)n2C(C)C. The normalized spacial score (nSPS) is 11.5. The zero-order chi connectivity index (χ0) is 11.0. The summed E-state index contributed by atoms with van der Waals surface area (Å²) in [5.74, 6) is 1.31. The monoisotopic (exact) mass is 223 g/mol. The first-order chi connectivity index (χ1) is 7.13. The van der Waals surface area contributed by atoms with E-state index in [0.29, 0.717) is 11.9 Å². The van der Waals surface area contributed by atoms with Crippen LogP contribution in [0.4, 0.5) is 0 Å². The molecule has 2 aromatic rings. The summed E-state index contributed by atoms with van der Waals surface area (Å²) in [7, 11) is 0. The zero-order valence-electron chi connectivity index (χ0n) is 9.16. The van der Waals surface area contributed by atoms with E-state index in [2.05, 4.69) is 28.4 Å². The largest absolute Gasteiger partial charge is 0.309 e. The summed E-state index contributed by atoms with van der Waals surface area (Å²) < 4.78 is 2.09. The lowest BCUT2D eigenvalue weighted by molar-refractivity contribution is 0.592. The average Bonchev–Trinajstić information content (AvgIpc) is 2.54. The molecule has 0 bridgehead atoms. The second-order valence-corrected chi connectivity index (χ2v) is 4.25. The van der Waals surface area contributed by atoms with Gasteiger partial charge in [-0.2, -0.15) is 0 Å². The quantitative estimate of drug-likeness (QED) is 0.733. The van der Waals surface area contributed by atoms with Crippen molar-refractivity contribution in [3.8, 4) is 0 Å². The van der Waals surface area contributed by atoms with E-state index in [4.69, 9.17) is 11.6 Å². The van der Waals surface area contributed by atoms with E-state index in [1.54, 1.807) is 0 Å². The molecule has 4 heteroatoms. The third-order valence-corrected chi connectivity index (χ3v) is 2.61. The van der Waals surface area contributed by atoms with E-state index >= 15 is 0 Å². The molecule has 0 radical (unpaired) electrons. The number of pyridine rings is 1. The van der Waals surface area contributed by atoms with E-state index in [1.165, 1.54) is 0 Å². The molecular formula is C11H14ClN3. The van der Waals surface area contributed by atoms with Crippen LogP contribution in [-0.2, 0) is 5.88 Å². The van der Waals surface area contributed by atoms with Crippen molar-refractivity contribution in [2.75, 3.05) is 0 Å². The zero-order valence-corrected chi connectivity index (χ0v) is 9.91. The number of aryl methyl sites for hydroxylation is 1. The Balaban J connectivity index is 2.74. The number of aromatic nitrogens is 3. The maximum atomic E-state index is 5.88. The van der Waals surface area contributed by atoms with Gasteiger partial charge in [-0.1, -0.05) is 0 Å². The Labute approximate surface area is 94.1 Å². The molecule has 0 aliphatic heterocycles. The van der Waals surface area contributed by atoms with Crippen LogP contribution in [0.2, 0.25) is 0 Å². The number of halogens is 1. The molecule has 0 spiro atoms. The van der Waals surface area contributed by atoms with Crippen molar-refractivity contribution in [1.82, 2.24) is 14.5 Å². The average molecular weight is 224 g/mol. The van der Waals surface area contributed by atoms with E-state index in [9.17, 15) is 0 Å². The summed E-state index contributed by atoms with van der Waals surface area (Å²) in [6, 6.07) is 2.37. The lowest BCUT2D eigenvalue weighted by Crippen LogP contribution is -2.05. The molecule has 2 rings (SSSR count). The Kier molecular flexibility index (Phi) is 2.65. The number of hydrogen-bond donors (Lipinski definition) is 0. The van der Waals surface area contributed by atoms with Crippen molar-refractivity contribution in [3.05, 3.63) is 23.7 Å². The molecule has 0 aromatic carbocycles. The van der Waals surface area contributed by atoms with Crippen LogP contribution in [0.1, 0.15) is 31.3 Å². The highest BCUT2D eigenvalue weighted by Crippen LogP contribution is 2.20. The highest BCUT2D eigenvalue weighted by atomic mass is 35.5. The Morgan fingerprint density at radius 1 is 1.47 bits per heavy atom. The smallest absolute Gasteiger partial charge is 0.160 e. The molecule has 0 saturated carbocycles. The van der Waals surface area contributed by atoms with Crippen LogP contribution in [-0.4, -0.2) is 14.5 Å². The molecule has 0 aliphatic carbocycles. The summed E-state index contributed by atoms with van der Waals surface area (Å²) in [6.45, 7) is 6.23. The van der Waals surface area contributed by atoms with Crippen molar-refractivity contribution < 1.29 is 0 Å². The van der Waals surface area contributed by atoms with Crippen LogP contribution < -0.4 is 0 Å². The van der Waals surface area contributed by atoms with Gasteiger partial charge in [0.2, 0.25) is 0 Å². The molecule has 0 fully saturated rings. The Hall–Kier alpha value is -1.09. The highest BCUT2D eigenvalue weighted by molar-refractivity contribution is 6.16. The molecule has 0 N–H and O–H groups in total. The van der Waals surface area contributed by atoms with Crippen LogP contribution in [0.3, 0.4) is 0 Å². The number of nitrogens with zero attached hydrogens (tertiary/aromatic N) is 3. The minimum Gasteiger partial charge on any atom is -0.309 e. The van der Waals surface area contributed by atoms with Crippen LogP contribution >= 0.6 is 11.6 Å². The summed E-state index contributed by atoms with van der Waals surface area (Å²) in [5.41, 5.74) is 2.97. The molecule has 2 aromatic heterocycles. The first kappa shape index (κ1) is 10.4. The number of hydrogen-bond acceptors (Lipinski definition) is 2. The topological polar surface area (TPSA) is 30.7 Å². The molecular weight excluding hydrogens is 210 g/mol. The first-order valence-corrected chi connectivity index (χ1v) is 5.56. The minimum absolute atomic E-state index is 0.332. The molecule has 0 unspecified atom stereocenters. The van der Waals surface area contributed by atoms with Gasteiger partial charge < -0.3 is 4.57 Å². The van der Waals surface area contributed by atoms with Crippen LogP contribution in [0.25, 0.3) is 11.2 Å². The standard InChI is InChI=1S/C11H14ClN3/c1-7(2)15-10(5-12)14-9-4-8(3)6-13-11(9)15/h4,6-7H,5H2,1-3H3. The fraction of sp³-hybridized carbons (Fsp3) is 0.455. The number of rotatable bonds is 2. The van der Waals surface area contributed by atoms with Crippen molar-refractivity contribution in [3.63, 3.8) is 0 Å². The van der Waals surface area contributed by atoms with Gasteiger partial charge in [-0.25, -0.2) is 9.97 Å². The van der Waals surface area contributed by atoms with E-state index < -0.39 is 0 Å². The Morgan fingerprint density at radius 2 is 2.20 bits per heavy atom. The van der Waals surface area contributed by atoms with Gasteiger partial charge in [0.05, 0.1) is 5.88 Å². The van der Waals surface area contributed by atoms with E-state index in [1.807, 2.05) is 19.2 Å². The van der Waals surface area contributed by atoms with Gasteiger partial charge in [-0.05, 0) is 32.4 Å². The second-order valence-electron chi connectivity index (χ2n) is 3.98. The van der Waals surface area contributed by atoms with Gasteiger partial charge in [-0.3, -0.25) is 0 Å². The van der Waals surface area contributed by atoms with Crippen LogP contribution in [0.15, 0.2) is 12.3 Å². The van der Waals surface area contributed by atoms with Gasteiger partial charge in [0, 0.05) is 12.2 Å². The fourth-order valence-electron chi connectivity index (χ4n) is 1.77. The lowest BCUT2D eigenvalue weighted by atomic mass is 10.3. The summed E-state index contributed by atoms with van der Waals surface area (Å²) >= 11 is 5.88. The Morgan fingerprint density at radius 3 is 2.80 bits per heavy atom. The molecule has 0 saturated heterocycles. The van der Waals surface area contributed by atoms with Crippen molar-refractivity contribution in [2.45, 2.75) is 32.7 Å². The van der Waals surface area contributed by atoms with Gasteiger partial charge in [0.25, 0.3) is 0 Å². The third-order valence-electron chi connectivity index (χ3n) is 2.38. The van der Waals surface area contributed by atoms with Gasteiger partial charge in [0.15, 0.2) is 5.65 Å². The van der Waals surface area contributed by atoms with Gasteiger partial charge >= 0.3 is 0 Å². The van der Waals surface area contributed by atoms with Crippen molar-refractivity contribution in [2.24, 2.45) is 0 Å². The number of imidazole rings is 1. The maximum absolute atomic E-state index is 5.88. The summed E-state index contributed by atoms with van der Waals surface area (Å²) in [4.78, 5) is 8.89. The van der Waals surface area contributed by atoms with Gasteiger partial charge in [-0.15, -0.1) is 11.6 Å². The molecule has 80 valence electrons. The molecule has 0 aliphatic rings. The first-order valence-electron chi connectivity index (χ1n) is 5.03. The third kappa shape index (κ3) is 1.72. The van der Waals surface area contributed by atoms with Crippen LogP contribution in [0, 0.1) is 6.92 Å². The minimum atomic E-state index is 0.332. The van der Waals surface area contributed by atoms with Crippen LogP contribution in [0.5, 0.6) is 0 Å². The van der Waals surface area contributed by atoms with Crippen molar-refractivity contribution in [1.29, 1.82) is 0 Å². The molecule has 15 heavy (non-hydrogen) atoms.